The van der Waals surface area contributed by atoms with Gasteiger partial charge in [-0.2, -0.15) is 5.57 Å². The van der Waals surface area contributed by atoms with Crippen molar-refractivity contribution in [3.05, 3.63) is 62.5 Å². The molecular weight excluding hydrogens is 330 g/mol. The van der Waals surface area contributed by atoms with Crippen LogP contribution in [0.4, 0.5) is 0 Å². The first-order valence-electron chi connectivity index (χ1n) is 6.90. The summed E-state index contributed by atoms with van der Waals surface area (Å²) in [7, 11) is 0. The molecule has 0 aromatic carbocycles. The van der Waals surface area contributed by atoms with Crippen molar-refractivity contribution in [2.75, 3.05) is 0 Å². The maximum atomic E-state index is 3.62. The van der Waals surface area contributed by atoms with Crippen LogP contribution in [0.25, 0.3) is 0 Å². The Hall–Kier alpha value is -0.149. The van der Waals surface area contributed by atoms with Gasteiger partial charge in [-0.15, -0.1) is 12.5 Å². The molecule has 133 valence electrons. The molecule has 0 fully saturated rings. The molecule has 1 unspecified atom stereocenters. The third kappa shape index (κ3) is 11.9. The third-order valence-electron chi connectivity index (χ3n) is 3.27. The minimum Gasteiger partial charge on any atom is -0.358 e. The summed E-state index contributed by atoms with van der Waals surface area (Å²) in [6.45, 7) is 20.7. The van der Waals surface area contributed by atoms with Crippen LogP contribution in [0.5, 0.6) is 0 Å². The Morgan fingerprint density at radius 1 is 1.13 bits per heavy atom. The second-order valence-electron chi connectivity index (χ2n) is 6.26. The fraction of sp³-hybridized carbons (Fsp3) is 0.500. The topological polar surface area (TPSA) is 12.0 Å². The molecule has 1 radical (unpaired) electrons. The Balaban J connectivity index is -0.000000107. The first-order chi connectivity index (χ1) is 8.57. The second kappa shape index (κ2) is 14.2. The van der Waals surface area contributed by atoms with E-state index in [2.05, 4.69) is 66.4 Å². The van der Waals surface area contributed by atoms with Crippen molar-refractivity contribution in [2.24, 2.45) is 0 Å². The van der Waals surface area contributed by atoms with Crippen molar-refractivity contribution in [1.29, 1.82) is 0 Å². The maximum Gasteiger partial charge on any atom is 3.00 e. The summed E-state index contributed by atoms with van der Waals surface area (Å²) in [5.74, 6) is 0. The Bertz CT molecular complexity index is 414. The van der Waals surface area contributed by atoms with E-state index in [9.17, 15) is 0 Å². The van der Waals surface area contributed by atoms with Gasteiger partial charge in [-0.3, -0.25) is 0 Å². The summed E-state index contributed by atoms with van der Waals surface area (Å²) in [6.07, 6.45) is 9.09. The molecule has 0 amide bonds. The van der Waals surface area contributed by atoms with Crippen molar-refractivity contribution in [3.8, 4) is 0 Å². The first kappa shape index (κ1) is 34.2. The average molecular weight is 371 g/mol. The van der Waals surface area contributed by atoms with Gasteiger partial charge in [0.05, 0.1) is 0 Å². The molecule has 0 spiro atoms. The molecule has 1 atom stereocenters. The number of rotatable bonds is 2. The number of hydrogen-bond donors (Lipinski definition) is 1. The fourth-order valence-corrected chi connectivity index (χ4v) is 2.23. The van der Waals surface area contributed by atoms with Crippen LogP contribution in [-0.4, -0.2) is 22.0 Å². The predicted molar refractivity (Wildman–Crippen MR) is 111 cm³/mol. The van der Waals surface area contributed by atoms with Gasteiger partial charge in [0, 0.05) is 5.54 Å². The van der Waals surface area contributed by atoms with Gasteiger partial charge in [0.2, 0.25) is 0 Å². The van der Waals surface area contributed by atoms with Crippen LogP contribution in [0.2, 0.25) is 0 Å². The molecule has 0 aromatic rings. The standard InChI is InChI=1S/C13H22N.C5H8.2CH3.H4Si.Ti/c1-9-8-13(7,11(3)10(9)2)14-12(4,5)6;1-3-5-4-2;;;;/h14H,1-7H3;3-5H,1H2,2H3;2*1H3;1H4;/q-1;;2*-1;;+3. The largest absolute Gasteiger partial charge is 3.00 e. The second-order valence-corrected chi connectivity index (χ2v) is 6.26. The Morgan fingerprint density at radius 3 is 1.74 bits per heavy atom. The zero-order valence-corrected chi connectivity index (χ0v) is 18.0. The van der Waals surface area contributed by atoms with Crippen molar-refractivity contribution in [2.45, 2.75) is 66.5 Å². The van der Waals surface area contributed by atoms with Crippen LogP contribution in [0.1, 0.15) is 55.4 Å². The van der Waals surface area contributed by atoms with E-state index in [1.54, 1.807) is 6.08 Å². The zero-order valence-electron chi connectivity index (χ0n) is 16.4. The zero-order chi connectivity index (χ0) is 15.3. The summed E-state index contributed by atoms with van der Waals surface area (Å²) in [6, 6.07) is 0. The van der Waals surface area contributed by atoms with Crippen LogP contribution in [0.3, 0.4) is 0 Å². The van der Waals surface area contributed by atoms with Crippen molar-refractivity contribution in [1.82, 2.24) is 5.32 Å². The number of hydrogen-bond acceptors (Lipinski definition) is 1. The van der Waals surface area contributed by atoms with Crippen LogP contribution in [0, 0.1) is 20.9 Å². The molecule has 1 aliphatic carbocycles. The molecule has 0 saturated carbocycles. The van der Waals surface area contributed by atoms with E-state index in [-0.39, 0.29) is 58.6 Å². The fourth-order valence-electron chi connectivity index (χ4n) is 2.23. The van der Waals surface area contributed by atoms with Gasteiger partial charge in [-0.05, 0) is 44.2 Å². The molecule has 1 aliphatic rings. The van der Waals surface area contributed by atoms with Gasteiger partial charge < -0.3 is 20.2 Å². The normalized spacial score (nSPS) is 19.2. The van der Waals surface area contributed by atoms with Crippen molar-refractivity contribution < 1.29 is 21.7 Å². The molecule has 0 heterocycles. The molecule has 0 saturated heterocycles. The Labute approximate surface area is 166 Å². The monoisotopic (exact) mass is 370 g/mol. The van der Waals surface area contributed by atoms with E-state index in [1.165, 1.54) is 16.7 Å². The molecule has 23 heavy (non-hydrogen) atoms. The van der Waals surface area contributed by atoms with E-state index in [0.717, 1.165) is 0 Å². The molecular formula is C20H40NSiTi. The minimum atomic E-state index is -0.0770. The molecule has 0 aromatic heterocycles. The summed E-state index contributed by atoms with van der Waals surface area (Å²) in [5.41, 5.74) is 4.09. The van der Waals surface area contributed by atoms with Gasteiger partial charge in [-0.25, -0.2) is 11.6 Å². The van der Waals surface area contributed by atoms with Crippen molar-refractivity contribution in [3.63, 3.8) is 0 Å². The molecule has 1 rings (SSSR count). The van der Waals surface area contributed by atoms with E-state index in [4.69, 9.17) is 0 Å². The summed E-state index contributed by atoms with van der Waals surface area (Å²) < 4.78 is 0. The maximum absolute atomic E-state index is 3.62. The van der Waals surface area contributed by atoms with E-state index in [1.807, 2.05) is 19.1 Å². The van der Waals surface area contributed by atoms with Gasteiger partial charge >= 0.3 is 21.7 Å². The van der Waals surface area contributed by atoms with Crippen LogP contribution < -0.4 is 5.32 Å². The summed E-state index contributed by atoms with van der Waals surface area (Å²) in [5, 5.41) is 3.62. The van der Waals surface area contributed by atoms with Gasteiger partial charge in [-0.1, -0.05) is 45.6 Å². The predicted octanol–water partition coefficient (Wildman–Crippen LogP) is 4.43. The molecule has 0 bridgehead atoms. The van der Waals surface area contributed by atoms with Crippen LogP contribution in [-0.2, 0) is 21.7 Å². The summed E-state index contributed by atoms with van der Waals surface area (Å²) in [4.78, 5) is 0. The van der Waals surface area contributed by atoms with Crippen LogP contribution >= 0.6 is 0 Å². The SMILES string of the molecule is C=CC=CC.CC1=[C-]C(C)(NC(C)(C)C)C(C)=C1C.[CH3-].[CH3-].[SiH4].[Ti+3]. The van der Waals surface area contributed by atoms with Gasteiger partial charge in [0.25, 0.3) is 0 Å². The van der Waals surface area contributed by atoms with Gasteiger partial charge in [0.1, 0.15) is 0 Å². The van der Waals surface area contributed by atoms with E-state index >= 15 is 0 Å². The third-order valence-corrected chi connectivity index (χ3v) is 3.27. The van der Waals surface area contributed by atoms with E-state index < -0.39 is 0 Å². The molecule has 1 nitrogen and oxygen atoms in total. The molecule has 1 N–H and O–H groups in total. The number of allylic oxidation sites excluding steroid dienone is 5. The minimum absolute atomic E-state index is 0. The van der Waals surface area contributed by atoms with Gasteiger partial charge in [0.15, 0.2) is 0 Å². The van der Waals surface area contributed by atoms with Crippen LogP contribution in [0.15, 0.2) is 41.5 Å². The Morgan fingerprint density at radius 2 is 1.57 bits per heavy atom. The smallest absolute Gasteiger partial charge is 0.358 e. The van der Waals surface area contributed by atoms with E-state index in [0.29, 0.717) is 0 Å². The summed E-state index contributed by atoms with van der Waals surface area (Å²) >= 11 is 0. The number of nitrogens with one attached hydrogen (secondary N) is 1. The Kier molecular flexibility index (Phi) is 21.2. The average Bonchev–Trinajstić information content (AvgIpc) is 2.42. The quantitative estimate of drug-likeness (QED) is 0.431. The first-order valence-corrected chi connectivity index (χ1v) is 6.90. The molecule has 0 aliphatic heterocycles. The molecule has 3 heteroatoms. The van der Waals surface area contributed by atoms with Crippen molar-refractivity contribution >= 4 is 11.0 Å².